The molecule has 0 saturated carbocycles. The third-order valence-electron chi connectivity index (χ3n) is 1.10. The van der Waals surface area contributed by atoms with Crippen LogP contribution < -0.4 is 5.32 Å². The van der Waals surface area contributed by atoms with Crippen molar-refractivity contribution in [3.63, 3.8) is 0 Å². The van der Waals surface area contributed by atoms with Gasteiger partial charge in [-0.3, -0.25) is 9.59 Å². The highest BCUT2D eigenvalue weighted by Gasteiger charge is 2.18. The Hall–Kier alpha value is -1.06. The molecule has 13 heavy (non-hydrogen) atoms. The highest BCUT2D eigenvalue weighted by Crippen LogP contribution is 2.07. The van der Waals surface area contributed by atoms with Gasteiger partial charge in [0.25, 0.3) is 0 Å². The van der Waals surface area contributed by atoms with Gasteiger partial charge in [0.1, 0.15) is 12.0 Å². The SMILES string of the molecule is CCNC(=O)CC(=O)OC(C)(C)C. The Bertz CT molecular complexity index is 194. The van der Waals surface area contributed by atoms with Crippen LogP contribution in [0.3, 0.4) is 0 Å². The highest BCUT2D eigenvalue weighted by atomic mass is 16.6. The maximum atomic E-state index is 11.1. The molecule has 0 aliphatic carbocycles. The van der Waals surface area contributed by atoms with Crippen molar-refractivity contribution >= 4 is 11.9 Å². The molecule has 1 amide bonds. The number of nitrogens with one attached hydrogen (secondary N) is 1. The van der Waals surface area contributed by atoms with Crippen LogP contribution in [0.2, 0.25) is 0 Å². The van der Waals surface area contributed by atoms with Gasteiger partial charge in [-0.05, 0) is 27.7 Å². The van der Waals surface area contributed by atoms with Crippen LogP contribution in [-0.4, -0.2) is 24.0 Å². The predicted octanol–water partition coefficient (Wildman–Crippen LogP) is 0.854. The number of amides is 1. The normalized spacial score (nSPS) is 10.8. The Kier molecular flexibility index (Phi) is 4.45. The van der Waals surface area contributed by atoms with Crippen LogP contribution in [0, 0.1) is 0 Å². The summed E-state index contributed by atoms with van der Waals surface area (Å²) in [6.45, 7) is 7.63. The number of esters is 1. The van der Waals surface area contributed by atoms with Gasteiger partial charge in [-0.2, -0.15) is 0 Å². The van der Waals surface area contributed by atoms with Gasteiger partial charge < -0.3 is 10.1 Å². The molecule has 4 heteroatoms. The molecule has 0 atom stereocenters. The molecule has 0 heterocycles. The first-order valence-corrected chi connectivity index (χ1v) is 4.33. The van der Waals surface area contributed by atoms with Crippen LogP contribution >= 0.6 is 0 Å². The van der Waals surface area contributed by atoms with Gasteiger partial charge in [0.05, 0.1) is 0 Å². The lowest BCUT2D eigenvalue weighted by Gasteiger charge is -2.19. The summed E-state index contributed by atoms with van der Waals surface area (Å²) in [5.74, 6) is -0.782. The van der Waals surface area contributed by atoms with E-state index in [4.69, 9.17) is 4.74 Å². The van der Waals surface area contributed by atoms with E-state index in [0.29, 0.717) is 6.54 Å². The van der Waals surface area contributed by atoms with Crippen molar-refractivity contribution in [1.82, 2.24) is 5.32 Å². The summed E-state index contributed by atoms with van der Waals surface area (Å²) in [6, 6.07) is 0. The van der Waals surface area contributed by atoms with Gasteiger partial charge in [0, 0.05) is 6.54 Å². The average molecular weight is 187 g/mol. The molecule has 0 fully saturated rings. The summed E-state index contributed by atoms with van der Waals surface area (Å²) >= 11 is 0. The lowest BCUT2D eigenvalue weighted by Crippen LogP contribution is -2.30. The zero-order valence-corrected chi connectivity index (χ0v) is 8.64. The lowest BCUT2D eigenvalue weighted by molar-refractivity contribution is -0.156. The monoisotopic (exact) mass is 187 g/mol. The summed E-state index contributed by atoms with van der Waals surface area (Å²) < 4.78 is 4.95. The maximum Gasteiger partial charge on any atom is 0.315 e. The van der Waals surface area contributed by atoms with E-state index in [2.05, 4.69) is 5.32 Å². The van der Waals surface area contributed by atoms with E-state index in [-0.39, 0.29) is 12.3 Å². The Morgan fingerprint density at radius 3 is 2.23 bits per heavy atom. The zero-order chi connectivity index (χ0) is 10.5. The van der Waals surface area contributed by atoms with Crippen molar-refractivity contribution in [2.24, 2.45) is 0 Å². The molecule has 0 aromatic heterocycles. The van der Waals surface area contributed by atoms with E-state index >= 15 is 0 Å². The van der Waals surface area contributed by atoms with Crippen LogP contribution in [0.4, 0.5) is 0 Å². The van der Waals surface area contributed by atoms with Gasteiger partial charge >= 0.3 is 5.97 Å². The fraction of sp³-hybridized carbons (Fsp3) is 0.778. The third-order valence-corrected chi connectivity index (χ3v) is 1.10. The minimum absolute atomic E-state index is 0.203. The summed E-state index contributed by atoms with van der Waals surface area (Å²) in [7, 11) is 0. The maximum absolute atomic E-state index is 11.1. The van der Waals surface area contributed by atoms with Crippen molar-refractivity contribution in [2.45, 2.75) is 39.7 Å². The molecule has 0 aliphatic rings. The van der Waals surface area contributed by atoms with Crippen LogP contribution in [0.25, 0.3) is 0 Å². The molecule has 0 rings (SSSR count). The molecular weight excluding hydrogens is 170 g/mol. The molecule has 0 saturated heterocycles. The molecule has 1 N–H and O–H groups in total. The molecule has 0 aromatic rings. The van der Waals surface area contributed by atoms with E-state index in [1.165, 1.54) is 0 Å². The van der Waals surface area contributed by atoms with Crippen LogP contribution in [0.5, 0.6) is 0 Å². The minimum Gasteiger partial charge on any atom is -0.460 e. The van der Waals surface area contributed by atoms with Crippen LogP contribution in [-0.2, 0) is 14.3 Å². The number of carbonyl (C=O) groups is 2. The van der Waals surface area contributed by atoms with Gasteiger partial charge in [-0.1, -0.05) is 0 Å². The first kappa shape index (κ1) is 11.9. The predicted molar refractivity (Wildman–Crippen MR) is 49.1 cm³/mol. The summed E-state index contributed by atoms with van der Waals surface area (Å²) in [5.41, 5.74) is -0.524. The molecule has 4 nitrogen and oxygen atoms in total. The largest absolute Gasteiger partial charge is 0.460 e. The first-order valence-electron chi connectivity index (χ1n) is 4.33. The van der Waals surface area contributed by atoms with Crippen molar-refractivity contribution in [3.8, 4) is 0 Å². The van der Waals surface area contributed by atoms with Crippen molar-refractivity contribution in [1.29, 1.82) is 0 Å². The average Bonchev–Trinajstić information content (AvgIpc) is 1.81. The standard InChI is InChI=1S/C9H17NO3/c1-5-10-7(11)6-8(12)13-9(2,3)4/h5-6H2,1-4H3,(H,10,11). The Morgan fingerprint density at radius 2 is 1.85 bits per heavy atom. The Balaban J connectivity index is 3.82. The van der Waals surface area contributed by atoms with E-state index in [9.17, 15) is 9.59 Å². The topological polar surface area (TPSA) is 55.4 Å². The molecule has 0 aromatic carbocycles. The number of ether oxygens (including phenoxy) is 1. The zero-order valence-electron chi connectivity index (χ0n) is 8.64. The van der Waals surface area contributed by atoms with Gasteiger partial charge in [0.15, 0.2) is 0 Å². The molecule has 0 spiro atoms. The second kappa shape index (κ2) is 4.84. The van der Waals surface area contributed by atoms with Crippen LogP contribution in [0.15, 0.2) is 0 Å². The van der Waals surface area contributed by atoms with E-state index in [1.807, 2.05) is 0 Å². The second-order valence-electron chi connectivity index (χ2n) is 3.72. The van der Waals surface area contributed by atoms with E-state index in [0.717, 1.165) is 0 Å². The third kappa shape index (κ3) is 7.31. The number of hydrogen-bond donors (Lipinski definition) is 1. The number of carbonyl (C=O) groups excluding carboxylic acids is 2. The summed E-state index contributed by atoms with van der Waals surface area (Å²) in [6.07, 6.45) is -0.203. The lowest BCUT2D eigenvalue weighted by atomic mass is 10.2. The fourth-order valence-electron chi connectivity index (χ4n) is 0.768. The minimum atomic E-state index is -0.524. The second-order valence-corrected chi connectivity index (χ2v) is 3.72. The highest BCUT2D eigenvalue weighted by molar-refractivity contribution is 5.94. The van der Waals surface area contributed by atoms with Crippen LogP contribution in [0.1, 0.15) is 34.1 Å². The van der Waals surface area contributed by atoms with Crippen molar-refractivity contribution in [2.75, 3.05) is 6.54 Å². The Morgan fingerprint density at radius 1 is 1.31 bits per heavy atom. The molecule has 0 bridgehead atoms. The van der Waals surface area contributed by atoms with Gasteiger partial charge in [-0.25, -0.2) is 0 Å². The van der Waals surface area contributed by atoms with E-state index in [1.54, 1.807) is 27.7 Å². The van der Waals surface area contributed by atoms with Gasteiger partial charge in [-0.15, -0.1) is 0 Å². The van der Waals surface area contributed by atoms with E-state index < -0.39 is 11.6 Å². The van der Waals surface area contributed by atoms with Gasteiger partial charge in [0.2, 0.25) is 5.91 Å². The molecule has 0 unspecified atom stereocenters. The number of hydrogen-bond acceptors (Lipinski definition) is 3. The first-order chi connectivity index (χ1) is 5.85. The molecule has 0 radical (unpaired) electrons. The fourth-order valence-corrected chi connectivity index (χ4v) is 0.768. The smallest absolute Gasteiger partial charge is 0.315 e. The quantitative estimate of drug-likeness (QED) is 0.526. The molecule has 0 aliphatic heterocycles. The Labute approximate surface area is 78.6 Å². The molecule has 76 valence electrons. The number of rotatable bonds is 3. The van der Waals surface area contributed by atoms with Crippen molar-refractivity contribution < 1.29 is 14.3 Å². The summed E-state index contributed by atoms with van der Waals surface area (Å²) in [4.78, 5) is 22.0. The molecular formula is C9H17NO3. The summed E-state index contributed by atoms with van der Waals surface area (Å²) in [5, 5.41) is 2.52. The van der Waals surface area contributed by atoms with Crippen molar-refractivity contribution in [3.05, 3.63) is 0 Å².